The summed E-state index contributed by atoms with van der Waals surface area (Å²) in [5, 5.41) is 13.4. The highest BCUT2D eigenvalue weighted by molar-refractivity contribution is 9.10. The number of carbonyl (C=O) groups excluding carboxylic acids is 1. The van der Waals surface area contributed by atoms with E-state index in [0.717, 1.165) is 4.47 Å². The molecule has 0 fully saturated rings. The molecule has 19 heavy (non-hydrogen) atoms. The lowest BCUT2D eigenvalue weighted by Crippen LogP contribution is -2.33. The van der Waals surface area contributed by atoms with E-state index in [0.29, 0.717) is 4.88 Å². The van der Waals surface area contributed by atoms with Crippen LogP contribution in [0.25, 0.3) is 0 Å². The third kappa shape index (κ3) is 3.39. The number of thiophene rings is 1. The van der Waals surface area contributed by atoms with E-state index in [1.54, 1.807) is 23.6 Å². The standard InChI is InChI=1S/C12H9BrN2O3S/c13-7-3-4-8(14-6-7)11(16)15-10(12(17)18)9-2-1-5-19-9/h1-6,10H,(H,15,16)(H,17,18). The molecule has 0 aliphatic carbocycles. The number of pyridine rings is 1. The highest BCUT2D eigenvalue weighted by Gasteiger charge is 2.23. The molecule has 0 saturated carbocycles. The maximum absolute atomic E-state index is 11.9. The molecule has 5 nitrogen and oxygen atoms in total. The molecule has 2 heterocycles. The number of hydrogen-bond acceptors (Lipinski definition) is 4. The van der Waals surface area contributed by atoms with Crippen LogP contribution in [-0.4, -0.2) is 22.0 Å². The second-order valence-corrected chi connectivity index (χ2v) is 5.52. The molecule has 2 N–H and O–H groups in total. The highest BCUT2D eigenvalue weighted by atomic mass is 79.9. The van der Waals surface area contributed by atoms with Gasteiger partial charge in [-0.2, -0.15) is 0 Å². The summed E-state index contributed by atoms with van der Waals surface area (Å²) in [5.74, 6) is -1.62. The summed E-state index contributed by atoms with van der Waals surface area (Å²) in [4.78, 5) is 27.6. The Balaban J connectivity index is 2.16. The first-order valence-electron chi connectivity index (χ1n) is 5.26. The number of aliphatic carboxylic acids is 1. The Kier molecular flexibility index (Phi) is 4.28. The van der Waals surface area contributed by atoms with E-state index in [4.69, 9.17) is 5.11 Å². The van der Waals surface area contributed by atoms with E-state index in [-0.39, 0.29) is 5.69 Å². The molecular weight excluding hydrogens is 332 g/mol. The second kappa shape index (κ2) is 5.94. The summed E-state index contributed by atoms with van der Waals surface area (Å²) in [6.45, 7) is 0. The maximum Gasteiger partial charge on any atom is 0.331 e. The van der Waals surface area contributed by atoms with Crippen LogP contribution < -0.4 is 5.32 Å². The second-order valence-electron chi connectivity index (χ2n) is 3.62. The lowest BCUT2D eigenvalue weighted by Gasteiger charge is -2.12. The number of nitrogens with one attached hydrogen (secondary N) is 1. The Morgan fingerprint density at radius 3 is 2.68 bits per heavy atom. The number of halogens is 1. The van der Waals surface area contributed by atoms with Crippen molar-refractivity contribution in [3.8, 4) is 0 Å². The largest absolute Gasteiger partial charge is 0.479 e. The van der Waals surface area contributed by atoms with Gasteiger partial charge in [-0.1, -0.05) is 6.07 Å². The molecule has 2 aromatic rings. The number of aromatic nitrogens is 1. The van der Waals surface area contributed by atoms with E-state index in [9.17, 15) is 9.59 Å². The smallest absolute Gasteiger partial charge is 0.331 e. The first kappa shape index (κ1) is 13.7. The van der Waals surface area contributed by atoms with Crippen LogP contribution in [0, 0.1) is 0 Å². The quantitative estimate of drug-likeness (QED) is 0.895. The average Bonchev–Trinajstić information content (AvgIpc) is 2.89. The number of hydrogen-bond donors (Lipinski definition) is 2. The zero-order valence-electron chi connectivity index (χ0n) is 9.54. The van der Waals surface area contributed by atoms with Crippen molar-refractivity contribution in [1.29, 1.82) is 0 Å². The molecule has 2 aromatic heterocycles. The van der Waals surface area contributed by atoms with Gasteiger partial charge in [-0.15, -0.1) is 11.3 Å². The van der Waals surface area contributed by atoms with Crippen molar-refractivity contribution < 1.29 is 14.7 Å². The highest BCUT2D eigenvalue weighted by Crippen LogP contribution is 2.19. The number of rotatable bonds is 4. The van der Waals surface area contributed by atoms with Gasteiger partial charge >= 0.3 is 5.97 Å². The van der Waals surface area contributed by atoms with Crippen molar-refractivity contribution in [2.75, 3.05) is 0 Å². The van der Waals surface area contributed by atoms with Gasteiger partial charge in [0.15, 0.2) is 6.04 Å². The van der Waals surface area contributed by atoms with E-state index in [1.165, 1.54) is 23.6 Å². The molecule has 0 bridgehead atoms. The molecule has 1 unspecified atom stereocenters. The van der Waals surface area contributed by atoms with E-state index in [2.05, 4.69) is 26.2 Å². The number of carbonyl (C=O) groups is 2. The minimum absolute atomic E-state index is 0.172. The molecule has 2 rings (SSSR count). The van der Waals surface area contributed by atoms with Crippen LogP contribution in [0.15, 0.2) is 40.3 Å². The Morgan fingerprint density at radius 1 is 1.37 bits per heavy atom. The molecule has 0 aromatic carbocycles. The fourth-order valence-electron chi connectivity index (χ4n) is 1.43. The zero-order chi connectivity index (χ0) is 13.8. The summed E-state index contributed by atoms with van der Waals surface area (Å²) in [7, 11) is 0. The fourth-order valence-corrected chi connectivity index (χ4v) is 2.43. The third-order valence-electron chi connectivity index (χ3n) is 2.31. The maximum atomic E-state index is 11.9. The van der Waals surface area contributed by atoms with Crippen LogP contribution in [0.1, 0.15) is 21.4 Å². The molecule has 0 aliphatic rings. The van der Waals surface area contributed by atoms with Crippen molar-refractivity contribution in [3.05, 3.63) is 50.9 Å². The van der Waals surface area contributed by atoms with Crippen LogP contribution in [0.5, 0.6) is 0 Å². The van der Waals surface area contributed by atoms with Gasteiger partial charge in [0.1, 0.15) is 5.69 Å². The van der Waals surface area contributed by atoms with Crippen molar-refractivity contribution in [2.45, 2.75) is 6.04 Å². The van der Waals surface area contributed by atoms with E-state index >= 15 is 0 Å². The molecule has 0 spiro atoms. The van der Waals surface area contributed by atoms with Gasteiger partial charge in [-0.05, 0) is 39.5 Å². The summed E-state index contributed by atoms with van der Waals surface area (Å²) in [6, 6.07) is 5.53. The Labute approximate surface area is 121 Å². The Hall–Kier alpha value is -1.73. The first-order valence-corrected chi connectivity index (χ1v) is 6.94. The third-order valence-corrected chi connectivity index (χ3v) is 3.72. The summed E-state index contributed by atoms with van der Waals surface area (Å²) >= 11 is 4.49. The SMILES string of the molecule is O=C(NC(C(=O)O)c1cccs1)c1ccc(Br)cn1. The molecular formula is C12H9BrN2O3S. The lowest BCUT2D eigenvalue weighted by atomic mass is 10.2. The zero-order valence-corrected chi connectivity index (χ0v) is 11.9. The minimum atomic E-state index is -1.10. The van der Waals surface area contributed by atoms with Crippen molar-refractivity contribution in [3.63, 3.8) is 0 Å². The number of nitrogens with zero attached hydrogens (tertiary/aromatic N) is 1. The van der Waals surface area contributed by atoms with Crippen molar-refractivity contribution in [2.24, 2.45) is 0 Å². The van der Waals surface area contributed by atoms with Gasteiger partial charge in [0.05, 0.1) is 0 Å². The normalized spacial score (nSPS) is 11.8. The van der Waals surface area contributed by atoms with Gasteiger partial charge in [0, 0.05) is 15.5 Å². The molecule has 1 amide bonds. The predicted octanol–water partition coefficient (Wildman–Crippen LogP) is 2.46. The van der Waals surface area contributed by atoms with Crippen molar-refractivity contribution >= 4 is 39.1 Å². The fraction of sp³-hybridized carbons (Fsp3) is 0.0833. The number of amides is 1. The van der Waals surface area contributed by atoms with Crippen LogP contribution >= 0.6 is 27.3 Å². The minimum Gasteiger partial charge on any atom is -0.479 e. The summed E-state index contributed by atoms with van der Waals surface area (Å²) < 4.78 is 0.747. The molecule has 7 heteroatoms. The number of carboxylic acid groups (broad SMARTS) is 1. The molecule has 0 saturated heterocycles. The molecule has 98 valence electrons. The lowest BCUT2D eigenvalue weighted by molar-refractivity contribution is -0.139. The predicted molar refractivity (Wildman–Crippen MR) is 74.1 cm³/mol. The number of carboxylic acids is 1. The van der Waals surface area contributed by atoms with Crippen molar-refractivity contribution in [1.82, 2.24) is 10.3 Å². The van der Waals surface area contributed by atoms with Crippen LogP contribution in [0.2, 0.25) is 0 Å². The van der Waals surface area contributed by atoms with Gasteiger partial charge in [-0.3, -0.25) is 4.79 Å². The topological polar surface area (TPSA) is 79.3 Å². The Bertz CT molecular complexity index is 584. The summed E-state index contributed by atoms with van der Waals surface area (Å²) in [6.07, 6.45) is 1.48. The summed E-state index contributed by atoms with van der Waals surface area (Å²) in [5.41, 5.74) is 0.172. The van der Waals surface area contributed by atoms with Crippen LogP contribution in [0.3, 0.4) is 0 Å². The van der Waals surface area contributed by atoms with Crippen LogP contribution in [0.4, 0.5) is 0 Å². The first-order chi connectivity index (χ1) is 9.08. The van der Waals surface area contributed by atoms with Gasteiger partial charge in [0.2, 0.25) is 0 Å². The van der Waals surface area contributed by atoms with Gasteiger partial charge in [-0.25, -0.2) is 9.78 Å². The van der Waals surface area contributed by atoms with Gasteiger partial charge in [0.25, 0.3) is 5.91 Å². The van der Waals surface area contributed by atoms with Gasteiger partial charge < -0.3 is 10.4 Å². The molecule has 0 aliphatic heterocycles. The Morgan fingerprint density at radius 2 is 2.16 bits per heavy atom. The monoisotopic (exact) mass is 340 g/mol. The van der Waals surface area contributed by atoms with Crippen LogP contribution in [-0.2, 0) is 4.79 Å². The average molecular weight is 341 g/mol. The van der Waals surface area contributed by atoms with E-state index < -0.39 is 17.9 Å². The molecule has 0 radical (unpaired) electrons. The molecule has 1 atom stereocenters. The van der Waals surface area contributed by atoms with E-state index in [1.807, 2.05) is 0 Å².